The molecule has 0 amide bonds. The molecule has 3 atom stereocenters. The van der Waals surface area contributed by atoms with E-state index in [2.05, 4.69) is 15.0 Å². The Kier molecular flexibility index (Phi) is 2.62. The van der Waals surface area contributed by atoms with Crippen LogP contribution in [0.15, 0.2) is 6.33 Å². The molecule has 112 valence electrons. The fraction of sp³-hybridized carbons (Fsp3) is 0.571. The molecule has 2 fully saturated rings. The number of nitrogens with one attached hydrogen (secondary N) is 1. The van der Waals surface area contributed by atoms with Gasteiger partial charge in [0.25, 0.3) is 0 Å². The first-order chi connectivity index (χ1) is 9.96. The van der Waals surface area contributed by atoms with Crippen LogP contribution in [0.1, 0.15) is 38.3 Å². The summed E-state index contributed by atoms with van der Waals surface area (Å²) in [6, 6.07) is 0. The lowest BCUT2D eigenvalue weighted by molar-refractivity contribution is -0.153. The highest BCUT2D eigenvalue weighted by molar-refractivity contribution is 5.75. The van der Waals surface area contributed by atoms with Gasteiger partial charge in [0.2, 0.25) is 5.95 Å². The molecule has 5 nitrogen and oxygen atoms in total. The predicted octanol–water partition coefficient (Wildman–Crippen LogP) is 2.63. The first-order valence-electron chi connectivity index (χ1n) is 7.00. The van der Waals surface area contributed by atoms with E-state index >= 15 is 0 Å². The van der Waals surface area contributed by atoms with Gasteiger partial charge in [0.15, 0.2) is 11.6 Å². The highest BCUT2D eigenvalue weighted by Crippen LogP contribution is 2.46. The van der Waals surface area contributed by atoms with Crippen molar-refractivity contribution in [2.75, 3.05) is 0 Å². The summed E-state index contributed by atoms with van der Waals surface area (Å²) in [6.45, 7) is 3.65. The molecule has 0 aromatic carbocycles. The lowest BCUT2D eigenvalue weighted by Gasteiger charge is -2.21. The quantitative estimate of drug-likeness (QED) is 0.822. The number of fused-ring (bicyclic) bond motifs is 2. The third kappa shape index (κ3) is 1.87. The minimum absolute atomic E-state index is 0.0547. The van der Waals surface area contributed by atoms with E-state index in [1.165, 1.54) is 6.33 Å². The topological polar surface area (TPSA) is 60.0 Å². The van der Waals surface area contributed by atoms with E-state index in [-0.39, 0.29) is 34.9 Å². The van der Waals surface area contributed by atoms with Crippen molar-refractivity contribution in [2.45, 2.75) is 50.6 Å². The Labute approximate surface area is 119 Å². The van der Waals surface area contributed by atoms with Crippen molar-refractivity contribution in [1.82, 2.24) is 15.0 Å². The summed E-state index contributed by atoms with van der Waals surface area (Å²) in [4.78, 5) is 10.2. The summed E-state index contributed by atoms with van der Waals surface area (Å²) in [6.07, 6.45) is 2.29. The number of ether oxygens (including phenoxy) is 2. The van der Waals surface area contributed by atoms with Gasteiger partial charge < -0.3 is 14.5 Å². The Hall–Kier alpha value is -1.60. The SMILES string of the molecule is CC1(C)O[C@H]2[C@@H](c3nc(F)c4nc[nH]c4c3F)CC[C@H]2O1. The Bertz CT molecular complexity index is 716. The molecular formula is C14H15F2N3O2. The molecule has 0 bridgehead atoms. The van der Waals surface area contributed by atoms with Gasteiger partial charge in [-0.25, -0.2) is 14.4 Å². The highest BCUT2D eigenvalue weighted by Gasteiger charge is 2.50. The van der Waals surface area contributed by atoms with Crippen molar-refractivity contribution in [1.29, 1.82) is 0 Å². The first kappa shape index (κ1) is 13.1. The fourth-order valence-electron chi connectivity index (χ4n) is 3.43. The van der Waals surface area contributed by atoms with E-state index < -0.39 is 17.6 Å². The van der Waals surface area contributed by atoms with Crippen molar-refractivity contribution in [3.63, 3.8) is 0 Å². The van der Waals surface area contributed by atoms with Gasteiger partial charge in [-0.1, -0.05) is 0 Å². The molecule has 2 aliphatic rings. The van der Waals surface area contributed by atoms with E-state index in [0.717, 1.165) is 6.42 Å². The van der Waals surface area contributed by atoms with Crippen molar-refractivity contribution in [3.05, 3.63) is 23.8 Å². The van der Waals surface area contributed by atoms with Gasteiger partial charge in [-0.05, 0) is 26.7 Å². The molecule has 0 spiro atoms. The van der Waals surface area contributed by atoms with Crippen LogP contribution in [0.5, 0.6) is 0 Å². The number of hydrogen-bond donors (Lipinski definition) is 1. The Morgan fingerprint density at radius 1 is 1.29 bits per heavy atom. The summed E-state index contributed by atoms with van der Waals surface area (Å²) in [7, 11) is 0. The molecule has 1 aliphatic heterocycles. The number of rotatable bonds is 1. The van der Waals surface area contributed by atoms with Crippen molar-refractivity contribution < 1.29 is 18.3 Å². The van der Waals surface area contributed by atoms with Gasteiger partial charge in [-0.2, -0.15) is 4.39 Å². The van der Waals surface area contributed by atoms with E-state index in [4.69, 9.17) is 9.47 Å². The highest BCUT2D eigenvalue weighted by atomic mass is 19.1. The zero-order valence-corrected chi connectivity index (χ0v) is 11.7. The molecule has 2 aromatic rings. The summed E-state index contributed by atoms with van der Waals surface area (Å²) >= 11 is 0. The molecule has 21 heavy (non-hydrogen) atoms. The number of halogens is 2. The van der Waals surface area contributed by atoms with Crippen molar-refractivity contribution in [3.8, 4) is 0 Å². The molecule has 7 heteroatoms. The maximum Gasteiger partial charge on any atom is 0.241 e. The fourth-order valence-corrected chi connectivity index (χ4v) is 3.43. The second-order valence-electron chi connectivity index (χ2n) is 6.05. The zero-order chi connectivity index (χ0) is 14.8. The normalized spacial score (nSPS) is 31.0. The number of H-pyrrole nitrogens is 1. The molecular weight excluding hydrogens is 280 g/mol. The summed E-state index contributed by atoms with van der Waals surface area (Å²) in [5, 5.41) is 0. The van der Waals surface area contributed by atoms with E-state index in [1.807, 2.05) is 13.8 Å². The Morgan fingerprint density at radius 2 is 2.10 bits per heavy atom. The molecule has 0 radical (unpaired) electrons. The molecule has 1 saturated carbocycles. The van der Waals surface area contributed by atoms with Gasteiger partial charge in [-0.3, -0.25) is 0 Å². The van der Waals surface area contributed by atoms with Crippen LogP contribution in [0.2, 0.25) is 0 Å². The standard InChI is InChI=1S/C14H15F2N3O2/c1-14(2)20-7-4-3-6(12(7)21-14)9-8(15)10-11(13(16)19-9)18-5-17-10/h5-7,12H,3-4H2,1-2H3,(H,17,18)/t6-,7-,12+/m1/s1. The van der Waals surface area contributed by atoms with E-state index in [9.17, 15) is 8.78 Å². The monoisotopic (exact) mass is 295 g/mol. The van der Waals surface area contributed by atoms with Crippen LogP contribution >= 0.6 is 0 Å². The number of hydrogen-bond acceptors (Lipinski definition) is 4. The van der Waals surface area contributed by atoms with Crippen molar-refractivity contribution in [2.24, 2.45) is 0 Å². The molecule has 2 aromatic heterocycles. The number of pyridine rings is 1. The predicted molar refractivity (Wildman–Crippen MR) is 69.6 cm³/mol. The Morgan fingerprint density at radius 3 is 2.90 bits per heavy atom. The molecule has 0 unspecified atom stereocenters. The lowest BCUT2D eigenvalue weighted by atomic mass is 9.99. The van der Waals surface area contributed by atoms with Crippen molar-refractivity contribution >= 4 is 11.0 Å². The second kappa shape index (κ2) is 4.20. The summed E-state index contributed by atoms with van der Waals surface area (Å²) in [5.41, 5.74) is 0.0758. The van der Waals surface area contributed by atoms with Crippen LogP contribution in [-0.2, 0) is 9.47 Å². The third-order valence-electron chi connectivity index (χ3n) is 4.23. The molecule has 4 rings (SSSR count). The second-order valence-corrected chi connectivity index (χ2v) is 6.05. The van der Waals surface area contributed by atoms with Crippen LogP contribution < -0.4 is 0 Å². The number of aromatic nitrogens is 3. The average Bonchev–Trinajstić information content (AvgIpc) is 3.07. The maximum atomic E-state index is 14.6. The van der Waals surface area contributed by atoms with Crippen LogP contribution in [0.25, 0.3) is 11.0 Å². The number of imidazole rings is 1. The number of aromatic amines is 1. The smallest absolute Gasteiger partial charge is 0.241 e. The third-order valence-corrected chi connectivity index (χ3v) is 4.23. The van der Waals surface area contributed by atoms with E-state index in [1.54, 1.807) is 0 Å². The van der Waals surface area contributed by atoms with Crippen LogP contribution in [-0.4, -0.2) is 32.9 Å². The van der Waals surface area contributed by atoms with Gasteiger partial charge in [0, 0.05) is 5.92 Å². The maximum absolute atomic E-state index is 14.6. The van der Waals surface area contributed by atoms with Crippen LogP contribution in [0.4, 0.5) is 8.78 Å². The van der Waals surface area contributed by atoms with Gasteiger partial charge in [0.05, 0.1) is 24.2 Å². The Balaban J connectivity index is 1.79. The molecule has 1 saturated heterocycles. The van der Waals surface area contributed by atoms with Crippen LogP contribution in [0, 0.1) is 11.8 Å². The molecule has 1 N–H and O–H groups in total. The van der Waals surface area contributed by atoms with Gasteiger partial charge in [-0.15, -0.1) is 0 Å². The number of nitrogens with zero attached hydrogens (tertiary/aromatic N) is 2. The summed E-state index contributed by atoms with van der Waals surface area (Å²) in [5.74, 6) is -2.31. The minimum atomic E-state index is -0.760. The van der Waals surface area contributed by atoms with Gasteiger partial charge >= 0.3 is 0 Å². The van der Waals surface area contributed by atoms with Crippen LogP contribution in [0.3, 0.4) is 0 Å². The molecule has 3 heterocycles. The average molecular weight is 295 g/mol. The van der Waals surface area contributed by atoms with E-state index in [0.29, 0.717) is 6.42 Å². The lowest BCUT2D eigenvalue weighted by Crippen LogP contribution is -2.25. The largest absolute Gasteiger partial charge is 0.345 e. The molecule has 1 aliphatic carbocycles. The van der Waals surface area contributed by atoms with Gasteiger partial charge in [0.1, 0.15) is 11.0 Å². The summed E-state index contributed by atoms with van der Waals surface area (Å²) < 4.78 is 40.2. The minimum Gasteiger partial charge on any atom is -0.345 e. The zero-order valence-electron chi connectivity index (χ0n) is 11.7. The first-order valence-corrected chi connectivity index (χ1v) is 7.00.